The van der Waals surface area contributed by atoms with E-state index >= 15 is 0 Å². The summed E-state index contributed by atoms with van der Waals surface area (Å²) in [5.41, 5.74) is 5.92. The lowest BCUT2D eigenvalue weighted by Gasteiger charge is -2.42. The normalized spacial score (nSPS) is 16.0. The van der Waals surface area contributed by atoms with Crippen molar-refractivity contribution in [1.82, 2.24) is 19.8 Å². The molecule has 258 valence electrons. The third kappa shape index (κ3) is 8.32. The molecule has 0 aliphatic carbocycles. The Morgan fingerprint density at radius 2 is 1.69 bits per heavy atom. The maximum atomic E-state index is 12.1. The number of carbonyl (C=O) groups is 1. The number of rotatable bonds is 13. The molecule has 0 amide bonds. The summed E-state index contributed by atoms with van der Waals surface area (Å²) in [6.45, 7) is 11.4. The highest BCUT2D eigenvalue weighted by molar-refractivity contribution is 5.87. The molecule has 2 aliphatic rings. The number of aryl methyl sites for hydroxylation is 1. The van der Waals surface area contributed by atoms with E-state index < -0.39 is 0 Å². The van der Waals surface area contributed by atoms with Gasteiger partial charge in [0.2, 0.25) is 5.95 Å². The molecule has 10 nitrogen and oxygen atoms in total. The van der Waals surface area contributed by atoms with Crippen molar-refractivity contribution in [2.45, 2.75) is 45.6 Å². The Morgan fingerprint density at radius 3 is 2.41 bits per heavy atom. The summed E-state index contributed by atoms with van der Waals surface area (Å²) in [7, 11) is 3.91. The van der Waals surface area contributed by atoms with Crippen molar-refractivity contribution in [3.63, 3.8) is 0 Å². The summed E-state index contributed by atoms with van der Waals surface area (Å²) < 4.78 is 11.8. The first-order valence-electron chi connectivity index (χ1n) is 17.5. The number of ether oxygens (including phenoxy) is 2. The van der Waals surface area contributed by atoms with E-state index in [4.69, 9.17) is 19.4 Å². The second kappa shape index (κ2) is 16.2. The highest BCUT2D eigenvalue weighted by atomic mass is 16.5. The fraction of sp³-hybridized carbons (Fsp3) is 0.410. The Labute approximate surface area is 290 Å². The van der Waals surface area contributed by atoms with Gasteiger partial charge in [0.25, 0.3) is 0 Å². The van der Waals surface area contributed by atoms with Crippen LogP contribution in [0.1, 0.15) is 48.5 Å². The monoisotopic (exact) mass is 663 g/mol. The number of aldehydes is 1. The predicted octanol–water partition coefficient (Wildman–Crippen LogP) is 7.16. The quantitative estimate of drug-likeness (QED) is 0.113. The van der Waals surface area contributed by atoms with Gasteiger partial charge in [-0.15, -0.1) is 0 Å². The predicted molar refractivity (Wildman–Crippen MR) is 198 cm³/mol. The molecule has 0 atom stereocenters. The molecule has 4 aromatic rings. The van der Waals surface area contributed by atoms with Crippen LogP contribution in [-0.2, 0) is 0 Å². The first-order valence-corrected chi connectivity index (χ1v) is 17.5. The molecule has 3 heterocycles. The standard InChI is InChI=1S/C39H49N7O3/c1-5-6-22-49-36-23-28(2)33(24-29(36)27-47)34-26-40-39(43-38(34)41-30-10-8-7-9-11-30)42-35-13-12-32(25-37(35)48-4)45-16-14-31(15-17-45)46-20-18-44(3)19-21-46/h7-13,23-27,31H,5-6,14-22H2,1-4H3,(H2,40,41,42,43). The third-order valence-corrected chi connectivity index (χ3v) is 9.67. The van der Waals surface area contributed by atoms with Gasteiger partial charge in [0.15, 0.2) is 6.29 Å². The largest absolute Gasteiger partial charge is 0.494 e. The third-order valence-electron chi connectivity index (χ3n) is 9.67. The van der Waals surface area contributed by atoms with Gasteiger partial charge in [-0.3, -0.25) is 9.69 Å². The lowest BCUT2D eigenvalue weighted by atomic mass is 9.98. The van der Waals surface area contributed by atoms with E-state index in [9.17, 15) is 4.79 Å². The van der Waals surface area contributed by atoms with Gasteiger partial charge >= 0.3 is 0 Å². The Balaban J connectivity index is 1.23. The molecule has 49 heavy (non-hydrogen) atoms. The van der Waals surface area contributed by atoms with Crippen molar-refractivity contribution in [2.75, 3.05) is 75.6 Å². The molecular weight excluding hydrogens is 614 g/mol. The topological polar surface area (TPSA) is 95.1 Å². The summed E-state index contributed by atoms with van der Waals surface area (Å²) in [6, 6.07) is 20.6. The molecule has 0 saturated carbocycles. The van der Waals surface area contributed by atoms with E-state index in [-0.39, 0.29) is 0 Å². The second-order valence-electron chi connectivity index (χ2n) is 13.0. The number of likely N-dealkylation sites (N-methyl/N-ethyl adjacent to an activating group) is 1. The first kappa shape index (κ1) is 34.2. The maximum absolute atomic E-state index is 12.1. The van der Waals surface area contributed by atoms with E-state index in [2.05, 4.69) is 51.4 Å². The number of benzene rings is 3. The van der Waals surface area contributed by atoms with Gasteiger partial charge in [-0.25, -0.2) is 4.98 Å². The first-order chi connectivity index (χ1) is 23.9. The Morgan fingerprint density at radius 1 is 0.918 bits per heavy atom. The van der Waals surface area contributed by atoms with Crippen LogP contribution in [0.5, 0.6) is 11.5 Å². The van der Waals surface area contributed by atoms with Gasteiger partial charge in [-0.2, -0.15) is 4.98 Å². The lowest BCUT2D eigenvalue weighted by molar-refractivity contribution is 0.0982. The summed E-state index contributed by atoms with van der Waals surface area (Å²) in [5.74, 6) is 2.36. The van der Waals surface area contributed by atoms with Gasteiger partial charge in [-0.1, -0.05) is 31.5 Å². The van der Waals surface area contributed by atoms with Crippen LogP contribution in [0.4, 0.5) is 28.8 Å². The number of piperidine rings is 1. The van der Waals surface area contributed by atoms with Crippen LogP contribution in [0.15, 0.2) is 66.9 Å². The minimum absolute atomic E-state index is 0.425. The van der Waals surface area contributed by atoms with E-state index in [1.807, 2.05) is 55.5 Å². The number of aromatic nitrogens is 2. The van der Waals surface area contributed by atoms with Crippen LogP contribution >= 0.6 is 0 Å². The fourth-order valence-corrected chi connectivity index (χ4v) is 6.70. The summed E-state index contributed by atoms with van der Waals surface area (Å²) in [5, 5.41) is 6.87. The zero-order valence-corrected chi connectivity index (χ0v) is 29.2. The van der Waals surface area contributed by atoms with Crippen LogP contribution in [-0.4, -0.2) is 92.1 Å². The van der Waals surface area contributed by atoms with Gasteiger partial charge in [0.05, 0.1) is 25.0 Å². The van der Waals surface area contributed by atoms with Crippen molar-refractivity contribution in [2.24, 2.45) is 0 Å². The number of hydrogen-bond donors (Lipinski definition) is 2. The number of methoxy groups -OCH3 is 1. The number of anilines is 5. The second-order valence-corrected chi connectivity index (χ2v) is 13.0. The zero-order valence-electron chi connectivity index (χ0n) is 29.2. The minimum atomic E-state index is 0.425. The zero-order chi connectivity index (χ0) is 34.2. The highest BCUT2D eigenvalue weighted by Crippen LogP contribution is 2.37. The van der Waals surface area contributed by atoms with Crippen molar-refractivity contribution in [1.29, 1.82) is 0 Å². The number of hydrogen-bond acceptors (Lipinski definition) is 10. The van der Waals surface area contributed by atoms with Crippen molar-refractivity contribution in [3.8, 4) is 22.6 Å². The number of para-hydroxylation sites is 1. The van der Waals surface area contributed by atoms with Crippen LogP contribution in [0.3, 0.4) is 0 Å². The number of nitrogens with zero attached hydrogens (tertiary/aromatic N) is 5. The average Bonchev–Trinajstić information content (AvgIpc) is 3.13. The molecule has 2 fully saturated rings. The molecule has 2 N–H and O–H groups in total. The van der Waals surface area contributed by atoms with E-state index in [1.54, 1.807) is 13.3 Å². The van der Waals surface area contributed by atoms with E-state index in [0.29, 0.717) is 35.7 Å². The van der Waals surface area contributed by atoms with Gasteiger partial charge in [0.1, 0.15) is 17.3 Å². The molecule has 6 rings (SSSR count). The molecule has 2 saturated heterocycles. The number of nitrogens with one attached hydrogen (secondary N) is 2. The molecule has 0 bridgehead atoms. The maximum Gasteiger partial charge on any atom is 0.229 e. The molecule has 0 radical (unpaired) electrons. The van der Waals surface area contributed by atoms with Crippen molar-refractivity contribution < 1.29 is 14.3 Å². The molecular formula is C39H49N7O3. The molecule has 10 heteroatoms. The summed E-state index contributed by atoms with van der Waals surface area (Å²) >= 11 is 0. The van der Waals surface area contributed by atoms with E-state index in [0.717, 1.165) is 84.8 Å². The smallest absolute Gasteiger partial charge is 0.229 e. The van der Waals surface area contributed by atoms with Gasteiger partial charge < -0.3 is 29.9 Å². The molecule has 1 aromatic heterocycles. The fourth-order valence-electron chi connectivity index (χ4n) is 6.70. The Bertz CT molecular complexity index is 1700. The van der Waals surface area contributed by atoms with Gasteiger partial charge in [-0.05, 0) is 80.8 Å². The highest BCUT2D eigenvalue weighted by Gasteiger charge is 2.27. The minimum Gasteiger partial charge on any atom is -0.494 e. The number of unbranched alkanes of at least 4 members (excludes halogenated alkanes) is 1. The van der Waals surface area contributed by atoms with Crippen molar-refractivity contribution >= 4 is 35.1 Å². The number of carbonyl (C=O) groups excluding carboxylic acids is 1. The number of piperazine rings is 1. The van der Waals surface area contributed by atoms with Crippen LogP contribution in [0, 0.1) is 6.92 Å². The lowest BCUT2D eigenvalue weighted by Crippen LogP contribution is -2.52. The average molecular weight is 664 g/mol. The summed E-state index contributed by atoms with van der Waals surface area (Å²) in [6.07, 6.45) is 6.93. The molecule has 2 aliphatic heterocycles. The van der Waals surface area contributed by atoms with Crippen molar-refractivity contribution in [3.05, 3.63) is 78.0 Å². The molecule has 3 aromatic carbocycles. The Hall–Kier alpha value is -4.67. The van der Waals surface area contributed by atoms with E-state index in [1.165, 1.54) is 25.9 Å². The van der Waals surface area contributed by atoms with Crippen LogP contribution < -0.4 is 25.0 Å². The molecule has 0 unspecified atom stereocenters. The van der Waals surface area contributed by atoms with Crippen LogP contribution in [0.25, 0.3) is 11.1 Å². The SMILES string of the molecule is CCCCOc1cc(C)c(-c2cnc(Nc3ccc(N4CCC(N5CCN(C)CC5)CC4)cc3OC)nc2Nc2ccccc2)cc1C=O. The van der Waals surface area contributed by atoms with Gasteiger partial charge in [0, 0.05) is 74.5 Å². The molecule has 0 spiro atoms. The Kier molecular flexibility index (Phi) is 11.3. The van der Waals surface area contributed by atoms with Crippen LogP contribution in [0.2, 0.25) is 0 Å². The summed E-state index contributed by atoms with van der Waals surface area (Å²) in [4.78, 5) is 29.3.